The number of rotatable bonds is 2. The summed E-state index contributed by atoms with van der Waals surface area (Å²) in [7, 11) is 0. The van der Waals surface area contributed by atoms with Gasteiger partial charge in [-0.15, -0.1) is 0 Å². The molecule has 0 saturated heterocycles. The van der Waals surface area contributed by atoms with Gasteiger partial charge in [-0.3, -0.25) is 0 Å². The molecule has 0 atom stereocenters. The molecule has 0 saturated carbocycles. The molecule has 2 heterocycles. The van der Waals surface area contributed by atoms with Gasteiger partial charge in [0.15, 0.2) is 11.6 Å². The van der Waals surface area contributed by atoms with Crippen LogP contribution in [0, 0.1) is 0 Å². The Bertz CT molecular complexity index is 1560. The van der Waals surface area contributed by atoms with Crippen LogP contribution in [0.4, 0.5) is 0 Å². The van der Waals surface area contributed by atoms with Crippen LogP contribution in [0.5, 0.6) is 0 Å². The number of halogens is 1. The molecule has 5 heteroatoms. The van der Waals surface area contributed by atoms with Crippen molar-refractivity contribution in [2.24, 2.45) is 0 Å². The zero-order valence-corrected chi connectivity index (χ0v) is 16.5. The highest BCUT2D eigenvalue weighted by atomic mass is 35.5. The number of para-hydroxylation sites is 1. The minimum atomic E-state index is 0.151. The number of nitrogens with zero attached hydrogens (tertiary/aromatic N) is 3. The highest BCUT2D eigenvalue weighted by molar-refractivity contribution is 6.28. The van der Waals surface area contributed by atoms with Crippen molar-refractivity contribution in [3.05, 3.63) is 90.2 Å². The van der Waals surface area contributed by atoms with E-state index in [0.29, 0.717) is 11.6 Å². The second-order valence-corrected chi connectivity index (χ2v) is 7.44. The molecule has 30 heavy (non-hydrogen) atoms. The van der Waals surface area contributed by atoms with Gasteiger partial charge in [0.05, 0.1) is 5.56 Å². The lowest BCUT2D eigenvalue weighted by Crippen LogP contribution is -1.97. The van der Waals surface area contributed by atoms with Crippen molar-refractivity contribution in [2.75, 3.05) is 0 Å². The van der Waals surface area contributed by atoms with Gasteiger partial charge < -0.3 is 4.42 Å². The molecule has 0 amide bonds. The molecule has 6 rings (SSSR count). The van der Waals surface area contributed by atoms with Crippen molar-refractivity contribution in [1.29, 1.82) is 0 Å². The van der Waals surface area contributed by atoms with Gasteiger partial charge in [0.2, 0.25) is 5.28 Å². The lowest BCUT2D eigenvalue weighted by atomic mass is 10.0. The van der Waals surface area contributed by atoms with Gasteiger partial charge in [-0.1, -0.05) is 66.7 Å². The normalized spacial score (nSPS) is 11.5. The molecule has 142 valence electrons. The summed E-state index contributed by atoms with van der Waals surface area (Å²) < 4.78 is 6.29. The third kappa shape index (κ3) is 2.73. The lowest BCUT2D eigenvalue weighted by molar-refractivity contribution is 0.670. The van der Waals surface area contributed by atoms with E-state index in [1.807, 2.05) is 54.6 Å². The quantitative estimate of drug-likeness (QED) is 0.313. The second-order valence-electron chi connectivity index (χ2n) is 7.10. The average molecular weight is 408 g/mol. The number of hydrogen-bond acceptors (Lipinski definition) is 4. The van der Waals surface area contributed by atoms with Crippen LogP contribution in [0.3, 0.4) is 0 Å². The molecule has 0 spiro atoms. The van der Waals surface area contributed by atoms with Crippen molar-refractivity contribution in [3.63, 3.8) is 0 Å². The molecule has 0 aliphatic carbocycles. The van der Waals surface area contributed by atoms with Crippen LogP contribution in [-0.2, 0) is 0 Å². The fraction of sp³-hybridized carbons (Fsp3) is 0. The molecule has 0 fully saturated rings. The number of fused-ring (bicyclic) bond motifs is 4. The second kappa shape index (κ2) is 6.65. The fourth-order valence-electron chi connectivity index (χ4n) is 3.85. The molecule has 0 N–H and O–H groups in total. The summed E-state index contributed by atoms with van der Waals surface area (Å²) in [5.41, 5.74) is 3.24. The van der Waals surface area contributed by atoms with E-state index in [1.54, 1.807) is 0 Å². The van der Waals surface area contributed by atoms with E-state index in [-0.39, 0.29) is 5.28 Å². The summed E-state index contributed by atoms with van der Waals surface area (Å²) in [6.07, 6.45) is 0. The minimum Gasteiger partial charge on any atom is -0.455 e. The molecular weight excluding hydrogens is 394 g/mol. The van der Waals surface area contributed by atoms with Crippen molar-refractivity contribution in [3.8, 4) is 22.8 Å². The third-order valence-corrected chi connectivity index (χ3v) is 5.42. The van der Waals surface area contributed by atoms with Gasteiger partial charge in [0.1, 0.15) is 11.2 Å². The topological polar surface area (TPSA) is 51.8 Å². The minimum absolute atomic E-state index is 0.151. The summed E-state index contributed by atoms with van der Waals surface area (Å²) in [6.45, 7) is 0. The van der Waals surface area contributed by atoms with Crippen molar-refractivity contribution in [1.82, 2.24) is 15.0 Å². The van der Waals surface area contributed by atoms with Gasteiger partial charge in [-0.05, 0) is 40.6 Å². The van der Waals surface area contributed by atoms with E-state index >= 15 is 0 Å². The van der Waals surface area contributed by atoms with E-state index < -0.39 is 0 Å². The maximum absolute atomic E-state index is 6.29. The summed E-state index contributed by atoms with van der Waals surface area (Å²) in [5.74, 6) is 1.02. The largest absolute Gasteiger partial charge is 0.455 e. The monoisotopic (exact) mass is 407 g/mol. The molecule has 0 aliphatic rings. The Labute approximate surface area is 176 Å². The van der Waals surface area contributed by atoms with Gasteiger partial charge in [0.25, 0.3) is 0 Å². The average Bonchev–Trinajstić information content (AvgIpc) is 3.15. The maximum atomic E-state index is 6.29. The number of furan rings is 1. The van der Waals surface area contributed by atoms with E-state index in [9.17, 15) is 0 Å². The molecule has 0 unspecified atom stereocenters. The van der Waals surface area contributed by atoms with Crippen LogP contribution in [0.15, 0.2) is 89.3 Å². The SMILES string of the molecule is Clc1nc(-c2ccccc2)nc(-c2cccc3c2oc2cc4ccccc4cc23)n1. The predicted octanol–water partition coefficient (Wildman–Crippen LogP) is 6.91. The van der Waals surface area contributed by atoms with E-state index in [2.05, 4.69) is 45.3 Å². The Morgan fingerprint density at radius 1 is 0.633 bits per heavy atom. The van der Waals surface area contributed by atoms with Gasteiger partial charge in [0, 0.05) is 16.3 Å². The summed E-state index contributed by atoms with van der Waals surface area (Å²) in [5, 5.41) is 4.55. The van der Waals surface area contributed by atoms with Gasteiger partial charge in [-0.25, -0.2) is 4.98 Å². The zero-order chi connectivity index (χ0) is 20.1. The van der Waals surface area contributed by atoms with Crippen molar-refractivity contribution < 1.29 is 4.42 Å². The Morgan fingerprint density at radius 2 is 1.37 bits per heavy atom. The van der Waals surface area contributed by atoms with E-state index in [1.165, 1.54) is 5.39 Å². The molecule has 4 nitrogen and oxygen atoms in total. The van der Waals surface area contributed by atoms with Crippen LogP contribution in [0.2, 0.25) is 5.28 Å². The van der Waals surface area contributed by atoms with Crippen molar-refractivity contribution >= 4 is 44.3 Å². The first-order valence-corrected chi connectivity index (χ1v) is 9.95. The molecule has 6 aromatic rings. The number of aromatic nitrogens is 3. The molecular formula is C25H14ClN3O. The zero-order valence-electron chi connectivity index (χ0n) is 15.7. The molecule has 4 aromatic carbocycles. The summed E-state index contributed by atoms with van der Waals surface area (Å²) in [6, 6.07) is 28.2. The fourth-order valence-corrected chi connectivity index (χ4v) is 4.01. The first kappa shape index (κ1) is 17.1. The van der Waals surface area contributed by atoms with Crippen LogP contribution >= 0.6 is 11.6 Å². The molecule has 0 radical (unpaired) electrons. The number of benzene rings is 4. The summed E-state index contributed by atoms with van der Waals surface area (Å²) in [4.78, 5) is 13.4. The van der Waals surface area contributed by atoms with Crippen LogP contribution < -0.4 is 0 Å². The highest BCUT2D eigenvalue weighted by Crippen LogP contribution is 2.37. The molecule has 0 bridgehead atoms. The third-order valence-electron chi connectivity index (χ3n) is 5.25. The molecule has 0 aliphatic heterocycles. The first-order valence-electron chi connectivity index (χ1n) is 9.58. The summed E-state index contributed by atoms with van der Waals surface area (Å²) >= 11 is 6.26. The van der Waals surface area contributed by atoms with Crippen LogP contribution in [0.1, 0.15) is 0 Å². The Hall–Kier alpha value is -3.76. The Morgan fingerprint density at radius 3 is 2.20 bits per heavy atom. The van der Waals surface area contributed by atoms with Crippen molar-refractivity contribution in [2.45, 2.75) is 0 Å². The first-order chi connectivity index (χ1) is 14.8. The smallest absolute Gasteiger partial charge is 0.226 e. The van der Waals surface area contributed by atoms with Crippen LogP contribution in [0.25, 0.3) is 55.5 Å². The highest BCUT2D eigenvalue weighted by Gasteiger charge is 2.16. The Kier molecular flexibility index (Phi) is 3.79. The number of hydrogen-bond donors (Lipinski definition) is 0. The van der Waals surface area contributed by atoms with Gasteiger partial charge >= 0.3 is 0 Å². The van der Waals surface area contributed by atoms with Gasteiger partial charge in [-0.2, -0.15) is 9.97 Å². The lowest BCUT2D eigenvalue weighted by Gasteiger charge is -2.05. The predicted molar refractivity (Wildman–Crippen MR) is 120 cm³/mol. The standard InChI is InChI=1S/C25H14ClN3O/c26-25-28-23(15-7-2-1-3-8-15)27-24(29-25)19-12-6-11-18-20-13-16-9-4-5-10-17(16)14-21(20)30-22(18)19/h1-14H. The van der Waals surface area contributed by atoms with E-state index in [0.717, 1.165) is 38.5 Å². The Balaban J connectivity index is 1.61. The van der Waals surface area contributed by atoms with Crippen LogP contribution in [-0.4, -0.2) is 15.0 Å². The molecule has 2 aromatic heterocycles. The van der Waals surface area contributed by atoms with E-state index in [4.69, 9.17) is 16.0 Å². The maximum Gasteiger partial charge on any atom is 0.226 e.